The van der Waals surface area contributed by atoms with E-state index in [9.17, 15) is 0 Å². The molecule has 0 aliphatic heterocycles. The summed E-state index contributed by atoms with van der Waals surface area (Å²) in [6, 6.07) is 0.602. The normalized spacial score (nSPS) is 13.4. The molecule has 0 aromatic carbocycles. The van der Waals surface area contributed by atoms with E-state index in [1.165, 1.54) is 17.7 Å². The monoisotopic (exact) mass is 223 g/mol. The van der Waals surface area contributed by atoms with Crippen molar-refractivity contribution in [3.05, 3.63) is 17.5 Å². The van der Waals surface area contributed by atoms with Crippen LogP contribution in [0.15, 0.2) is 6.20 Å². The van der Waals surface area contributed by atoms with Gasteiger partial charge >= 0.3 is 0 Å². The number of hydrogen-bond acceptors (Lipinski definition) is 2. The van der Waals surface area contributed by atoms with E-state index in [2.05, 4.69) is 44.3 Å². The average Bonchev–Trinajstić information content (AvgIpc) is 2.59. The molecule has 1 heterocycles. The molecule has 3 heteroatoms. The maximum Gasteiger partial charge on any atom is 0.0666 e. The molecule has 1 aromatic heterocycles. The summed E-state index contributed by atoms with van der Waals surface area (Å²) in [6.07, 6.45) is 4.31. The van der Waals surface area contributed by atoms with E-state index in [1.807, 2.05) is 11.7 Å². The van der Waals surface area contributed by atoms with Gasteiger partial charge in [-0.2, -0.15) is 5.10 Å². The van der Waals surface area contributed by atoms with Crippen molar-refractivity contribution in [1.82, 2.24) is 15.1 Å². The molecule has 0 aliphatic rings. The Bertz CT molecular complexity index is 315. The van der Waals surface area contributed by atoms with Gasteiger partial charge in [-0.15, -0.1) is 0 Å². The topological polar surface area (TPSA) is 29.9 Å². The average molecular weight is 223 g/mol. The van der Waals surface area contributed by atoms with Gasteiger partial charge in [-0.25, -0.2) is 0 Å². The molecule has 0 fully saturated rings. The lowest BCUT2D eigenvalue weighted by atomic mass is 10.0. The van der Waals surface area contributed by atoms with Gasteiger partial charge in [-0.3, -0.25) is 4.68 Å². The molecular formula is C13H25N3. The molecule has 0 aliphatic carbocycles. The summed E-state index contributed by atoms with van der Waals surface area (Å²) in [5.41, 5.74) is 2.55. The Morgan fingerprint density at radius 2 is 2.06 bits per heavy atom. The van der Waals surface area contributed by atoms with Crippen LogP contribution in [0.2, 0.25) is 0 Å². The SMILES string of the molecule is CCc1nn(C)cc1CNC(CC)C(C)C. The molecule has 0 saturated heterocycles. The van der Waals surface area contributed by atoms with Crippen LogP contribution in [-0.4, -0.2) is 15.8 Å². The molecule has 1 rings (SSSR count). The van der Waals surface area contributed by atoms with Crippen molar-refractivity contribution >= 4 is 0 Å². The maximum absolute atomic E-state index is 4.45. The second kappa shape index (κ2) is 6.04. The van der Waals surface area contributed by atoms with Gasteiger partial charge in [0.15, 0.2) is 0 Å². The maximum atomic E-state index is 4.45. The number of hydrogen-bond donors (Lipinski definition) is 1. The Balaban J connectivity index is 2.59. The predicted octanol–water partition coefficient (Wildman–Crippen LogP) is 2.51. The summed E-state index contributed by atoms with van der Waals surface area (Å²) in [4.78, 5) is 0. The molecule has 92 valence electrons. The van der Waals surface area contributed by atoms with Crippen LogP contribution in [0.1, 0.15) is 45.4 Å². The van der Waals surface area contributed by atoms with E-state index >= 15 is 0 Å². The number of aromatic nitrogens is 2. The first-order valence-electron chi connectivity index (χ1n) is 6.33. The standard InChI is InChI=1S/C13H25N3/c1-6-12(10(3)4)14-8-11-9-16(5)15-13(11)7-2/h9-10,12,14H,6-8H2,1-5H3. The van der Waals surface area contributed by atoms with E-state index in [0.717, 1.165) is 13.0 Å². The summed E-state index contributed by atoms with van der Waals surface area (Å²) in [5.74, 6) is 0.687. The van der Waals surface area contributed by atoms with E-state index in [0.29, 0.717) is 12.0 Å². The van der Waals surface area contributed by atoms with E-state index in [-0.39, 0.29) is 0 Å². The van der Waals surface area contributed by atoms with Crippen molar-refractivity contribution in [3.63, 3.8) is 0 Å². The van der Waals surface area contributed by atoms with Gasteiger partial charge in [0.25, 0.3) is 0 Å². The highest BCUT2D eigenvalue weighted by Gasteiger charge is 2.12. The highest BCUT2D eigenvalue weighted by atomic mass is 15.3. The quantitative estimate of drug-likeness (QED) is 0.803. The molecule has 0 amide bonds. The summed E-state index contributed by atoms with van der Waals surface area (Å²) < 4.78 is 1.91. The molecular weight excluding hydrogens is 198 g/mol. The summed E-state index contributed by atoms with van der Waals surface area (Å²) >= 11 is 0. The first-order valence-corrected chi connectivity index (χ1v) is 6.33. The number of aryl methyl sites for hydroxylation is 2. The summed E-state index contributed by atoms with van der Waals surface area (Å²) in [5, 5.41) is 8.07. The minimum absolute atomic E-state index is 0.602. The zero-order valence-corrected chi connectivity index (χ0v) is 11.2. The van der Waals surface area contributed by atoms with Crippen LogP contribution in [-0.2, 0) is 20.0 Å². The van der Waals surface area contributed by atoms with Gasteiger partial charge in [0.1, 0.15) is 0 Å². The second-order valence-electron chi connectivity index (χ2n) is 4.77. The first kappa shape index (κ1) is 13.2. The van der Waals surface area contributed by atoms with Crippen LogP contribution in [0, 0.1) is 5.92 Å². The Labute approximate surface area is 99.2 Å². The number of nitrogens with one attached hydrogen (secondary N) is 1. The minimum atomic E-state index is 0.602. The molecule has 0 spiro atoms. The Kier molecular flexibility index (Phi) is 5.00. The van der Waals surface area contributed by atoms with Crippen molar-refractivity contribution < 1.29 is 0 Å². The van der Waals surface area contributed by atoms with Gasteiger partial charge in [-0.05, 0) is 18.8 Å². The van der Waals surface area contributed by atoms with Crippen LogP contribution in [0.3, 0.4) is 0 Å². The first-order chi connectivity index (χ1) is 7.58. The summed E-state index contributed by atoms with van der Waals surface area (Å²) in [6.45, 7) is 9.87. The van der Waals surface area contributed by atoms with Gasteiger partial charge in [0.2, 0.25) is 0 Å². The van der Waals surface area contributed by atoms with Crippen molar-refractivity contribution in [3.8, 4) is 0 Å². The third-order valence-electron chi connectivity index (χ3n) is 3.13. The molecule has 16 heavy (non-hydrogen) atoms. The van der Waals surface area contributed by atoms with E-state index in [1.54, 1.807) is 0 Å². The smallest absolute Gasteiger partial charge is 0.0666 e. The van der Waals surface area contributed by atoms with Gasteiger partial charge in [0.05, 0.1) is 5.69 Å². The zero-order chi connectivity index (χ0) is 12.1. The third-order valence-corrected chi connectivity index (χ3v) is 3.13. The molecule has 0 radical (unpaired) electrons. The Morgan fingerprint density at radius 1 is 1.38 bits per heavy atom. The fourth-order valence-corrected chi connectivity index (χ4v) is 2.12. The second-order valence-corrected chi connectivity index (χ2v) is 4.77. The lowest BCUT2D eigenvalue weighted by Crippen LogP contribution is -2.32. The van der Waals surface area contributed by atoms with Crippen LogP contribution in [0.4, 0.5) is 0 Å². The molecule has 1 N–H and O–H groups in total. The Morgan fingerprint density at radius 3 is 2.56 bits per heavy atom. The summed E-state index contributed by atoms with van der Waals surface area (Å²) in [7, 11) is 1.99. The number of nitrogens with zero attached hydrogens (tertiary/aromatic N) is 2. The Hall–Kier alpha value is -0.830. The van der Waals surface area contributed by atoms with Gasteiger partial charge < -0.3 is 5.32 Å². The molecule has 0 bridgehead atoms. The van der Waals surface area contributed by atoms with Crippen LogP contribution >= 0.6 is 0 Å². The van der Waals surface area contributed by atoms with Gasteiger partial charge in [0, 0.05) is 31.4 Å². The van der Waals surface area contributed by atoms with E-state index in [4.69, 9.17) is 0 Å². The van der Waals surface area contributed by atoms with Crippen molar-refractivity contribution in [1.29, 1.82) is 0 Å². The van der Waals surface area contributed by atoms with Crippen LogP contribution in [0.5, 0.6) is 0 Å². The molecule has 3 nitrogen and oxygen atoms in total. The number of rotatable bonds is 6. The largest absolute Gasteiger partial charge is 0.310 e. The fraction of sp³-hybridized carbons (Fsp3) is 0.769. The molecule has 1 unspecified atom stereocenters. The zero-order valence-electron chi connectivity index (χ0n) is 11.2. The van der Waals surface area contributed by atoms with Crippen molar-refractivity contribution in [2.45, 2.75) is 53.1 Å². The van der Waals surface area contributed by atoms with Crippen LogP contribution < -0.4 is 5.32 Å². The van der Waals surface area contributed by atoms with Crippen LogP contribution in [0.25, 0.3) is 0 Å². The molecule has 1 atom stereocenters. The highest BCUT2D eigenvalue weighted by Crippen LogP contribution is 2.10. The van der Waals surface area contributed by atoms with Gasteiger partial charge in [-0.1, -0.05) is 27.7 Å². The highest BCUT2D eigenvalue weighted by molar-refractivity contribution is 5.16. The minimum Gasteiger partial charge on any atom is -0.310 e. The van der Waals surface area contributed by atoms with Crippen molar-refractivity contribution in [2.75, 3.05) is 0 Å². The van der Waals surface area contributed by atoms with E-state index < -0.39 is 0 Å². The third kappa shape index (κ3) is 3.34. The fourth-order valence-electron chi connectivity index (χ4n) is 2.12. The lowest BCUT2D eigenvalue weighted by molar-refractivity contribution is 0.387. The molecule has 0 saturated carbocycles. The molecule has 1 aromatic rings. The van der Waals surface area contributed by atoms with Crippen molar-refractivity contribution in [2.24, 2.45) is 13.0 Å². The lowest BCUT2D eigenvalue weighted by Gasteiger charge is -2.20. The predicted molar refractivity (Wildman–Crippen MR) is 68.3 cm³/mol.